The molecule has 0 saturated carbocycles. The van der Waals surface area contributed by atoms with E-state index in [4.69, 9.17) is 9.47 Å². The molecule has 0 unspecified atom stereocenters. The Labute approximate surface area is 108 Å². The van der Waals surface area contributed by atoms with Gasteiger partial charge in [0.15, 0.2) is 0 Å². The summed E-state index contributed by atoms with van der Waals surface area (Å²) in [7, 11) is 0. The summed E-state index contributed by atoms with van der Waals surface area (Å²) < 4.78 is 11.3. The van der Waals surface area contributed by atoms with Crippen molar-refractivity contribution < 1.29 is 14.3 Å². The molecule has 0 bridgehead atoms. The topological polar surface area (TPSA) is 38.8 Å². The average Bonchev–Trinajstić information content (AvgIpc) is 2.90. The van der Waals surface area contributed by atoms with Crippen LogP contribution in [0.1, 0.15) is 39.5 Å². The number of carbonyl (C=O) groups is 1. The Morgan fingerprint density at radius 3 is 3.06 bits per heavy atom. The molecule has 0 amide bonds. The van der Waals surface area contributed by atoms with Crippen molar-refractivity contribution in [3.05, 3.63) is 23.8 Å². The van der Waals surface area contributed by atoms with Crippen molar-refractivity contribution in [2.75, 3.05) is 0 Å². The summed E-state index contributed by atoms with van der Waals surface area (Å²) in [6.45, 7) is 8.17. The number of epoxide rings is 1. The molecule has 0 spiro atoms. The first-order chi connectivity index (χ1) is 8.51. The van der Waals surface area contributed by atoms with E-state index in [1.807, 2.05) is 0 Å². The Morgan fingerprint density at radius 1 is 1.50 bits per heavy atom. The van der Waals surface area contributed by atoms with Gasteiger partial charge in [0.2, 0.25) is 0 Å². The van der Waals surface area contributed by atoms with Crippen molar-refractivity contribution in [1.29, 1.82) is 0 Å². The molecule has 2 aliphatic heterocycles. The minimum absolute atomic E-state index is 0.0671. The van der Waals surface area contributed by atoms with E-state index >= 15 is 0 Å². The largest absolute Gasteiger partial charge is 0.455 e. The van der Waals surface area contributed by atoms with E-state index in [-0.39, 0.29) is 29.7 Å². The lowest BCUT2D eigenvalue weighted by molar-refractivity contribution is -0.140. The van der Waals surface area contributed by atoms with Gasteiger partial charge in [-0.2, -0.15) is 0 Å². The van der Waals surface area contributed by atoms with Crippen LogP contribution >= 0.6 is 0 Å². The number of rotatable bonds is 0. The number of carbonyl (C=O) groups excluding carboxylic acids is 1. The van der Waals surface area contributed by atoms with Crippen molar-refractivity contribution in [3.8, 4) is 0 Å². The SMILES string of the molecule is C=C1C(=O)O[C@@H]2[C@H]1CCC(C)=CCC[C@]1(C)O[C@@H]21. The highest BCUT2D eigenvalue weighted by atomic mass is 16.6. The highest BCUT2D eigenvalue weighted by molar-refractivity contribution is 5.91. The molecular formula is C15H20O3. The van der Waals surface area contributed by atoms with Crippen LogP contribution in [-0.4, -0.2) is 23.8 Å². The molecule has 0 aromatic carbocycles. The van der Waals surface area contributed by atoms with E-state index in [2.05, 4.69) is 26.5 Å². The number of hydrogen-bond donors (Lipinski definition) is 0. The summed E-state index contributed by atoms with van der Waals surface area (Å²) in [5, 5.41) is 0. The minimum atomic E-state index is -0.233. The van der Waals surface area contributed by atoms with Crippen molar-refractivity contribution in [3.63, 3.8) is 0 Å². The molecule has 3 heteroatoms. The lowest BCUT2D eigenvalue weighted by Gasteiger charge is -2.19. The maximum absolute atomic E-state index is 11.7. The quantitative estimate of drug-likeness (QED) is 0.286. The lowest BCUT2D eigenvalue weighted by atomic mass is 9.84. The second kappa shape index (κ2) is 3.95. The molecule has 2 fully saturated rings. The van der Waals surface area contributed by atoms with Crippen molar-refractivity contribution in [1.82, 2.24) is 0 Å². The van der Waals surface area contributed by atoms with E-state index < -0.39 is 0 Å². The van der Waals surface area contributed by atoms with Crippen LogP contribution in [0.4, 0.5) is 0 Å². The van der Waals surface area contributed by atoms with Crippen LogP contribution in [0.25, 0.3) is 0 Å². The summed E-state index contributed by atoms with van der Waals surface area (Å²) in [5.41, 5.74) is 1.91. The van der Waals surface area contributed by atoms with E-state index in [1.54, 1.807) is 0 Å². The zero-order valence-corrected chi connectivity index (χ0v) is 11.1. The van der Waals surface area contributed by atoms with Gasteiger partial charge >= 0.3 is 5.97 Å². The fourth-order valence-corrected chi connectivity index (χ4v) is 3.20. The Bertz CT molecular complexity index is 437. The molecule has 18 heavy (non-hydrogen) atoms. The fraction of sp³-hybridized carbons (Fsp3) is 0.667. The maximum atomic E-state index is 11.7. The van der Waals surface area contributed by atoms with Gasteiger partial charge in [-0.15, -0.1) is 0 Å². The first kappa shape index (κ1) is 12.0. The highest BCUT2D eigenvalue weighted by Crippen LogP contribution is 2.49. The Hall–Kier alpha value is -1.09. The monoisotopic (exact) mass is 248 g/mol. The number of fused-ring (bicyclic) bond motifs is 3. The van der Waals surface area contributed by atoms with E-state index in [0.29, 0.717) is 5.57 Å². The van der Waals surface area contributed by atoms with Gasteiger partial charge < -0.3 is 9.47 Å². The first-order valence-corrected chi connectivity index (χ1v) is 6.74. The van der Waals surface area contributed by atoms with E-state index in [1.165, 1.54) is 5.57 Å². The third-order valence-electron chi connectivity index (χ3n) is 4.57. The molecule has 4 atom stereocenters. The number of esters is 1. The predicted octanol–water partition coefficient (Wildman–Crippen LogP) is 2.76. The molecule has 98 valence electrons. The summed E-state index contributed by atoms with van der Waals surface area (Å²) >= 11 is 0. The van der Waals surface area contributed by atoms with Crippen molar-refractivity contribution in [2.24, 2.45) is 5.92 Å². The Kier molecular flexibility index (Phi) is 2.63. The normalized spacial score (nSPS) is 43.7. The number of hydrogen-bond acceptors (Lipinski definition) is 3. The van der Waals surface area contributed by atoms with Crippen LogP contribution in [0.5, 0.6) is 0 Å². The Morgan fingerprint density at radius 2 is 2.28 bits per heavy atom. The molecule has 3 aliphatic rings. The van der Waals surface area contributed by atoms with Gasteiger partial charge in [-0.05, 0) is 39.5 Å². The molecule has 0 N–H and O–H groups in total. The zero-order valence-electron chi connectivity index (χ0n) is 11.1. The van der Waals surface area contributed by atoms with Crippen LogP contribution in [0, 0.1) is 5.92 Å². The standard InChI is InChI=1S/C15H20O3/c1-9-5-4-8-15(3)13(18-15)12-11(7-6-9)10(2)14(16)17-12/h5,11-13H,2,4,6-8H2,1,3H3/t11-,12+,13-,15-/m0/s1. The smallest absolute Gasteiger partial charge is 0.334 e. The third kappa shape index (κ3) is 1.81. The molecule has 3 nitrogen and oxygen atoms in total. The minimum Gasteiger partial charge on any atom is -0.455 e. The van der Waals surface area contributed by atoms with Crippen LogP contribution in [0.2, 0.25) is 0 Å². The summed E-state index contributed by atoms with van der Waals surface area (Å²) in [5.74, 6) is -0.102. The molecule has 0 aromatic heterocycles. The fourth-order valence-electron chi connectivity index (χ4n) is 3.20. The molecular weight excluding hydrogens is 228 g/mol. The average molecular weight is 248 g/mol. The summed E-state index contributed by atoms with van der Waals surface area (Å²) in [6.07, 6.45) is 6.25. The van der Waals surface area contributed by atoms with Gasteiger partial charge in [-0.1, -0.05) is 18.2 Å². The lowest BCUT2D eigenvalue weighted by Crippen LogP contribution is -2.28. The van der Waals surface area contributed by atoms with Crippen LogP contribution in [0.3, 0.4) is 0 Å². The molecule has 3 rings (SSSR count). The summed E-state index contributed by atoms with van der Waals surface area (Å²) in [4.78, 5) is 11.7. The van der Waals surface area contributed by atoms with E-state index in [9.17, 15) is 4.79 Å². The number of ether oxygens (including phenoxy) is 2. The van der Waals surface area contributed by atoms with Crippen LogP contribution < -0.4 is 0 Å². The second-order valence-electron chi connectivity index (χ2n) is 5.98. The summed E-state index contributed by atoms with van der Waals surface area (Å²) in [6, 6.07) is 0. The number of allylic oxidation sites excluding steroid dienone is 2. The van der Waals surface area contributed by atoms with Gasteiger partial charge in [0.25, 0.3) is 0 Å². The van der Waals surface area contributed by atoms with Crippen LogP contribution in [0.15, 0.2) is 23.8 Å². The van der Waals surface area contributed by atoms with Gasteiger partial charge in [-0.3, -0.25) is 0 Å². The zero-order chi connectivity index (χ0) is 12.9. The molecule has 0 aromatic rings. The third-order valence-corrected chi connectivity index (χ3v) is 4.57. The predicted molar refractivity (Wildman–Crippen MR) is 68.0 cm³/mol. The van der Waals surface area contributed by atoms with Crippen molar-refractivity contribution in [2.45, 2.75) is 57.3 Å². The van der Waals surface area contributed by atoms with Gasteiger partial charge in [0, 0.05) is 11.5 Å². The highest BCUT2D eigenvalue weighted by Gasteiger charge is 2.61. The van der Waals surface area contributed by atoms with E-state index in [0.717, 1.165) is 25.7 Å². The maximum Gasteiger partial charge on any atom is 0.334 e. The van der Waals surface area contributed by atoms with Gasteiger partial charge in [0.1, 0.15) is 12.2 Å². The molecule has 2 heterocycles. The molecule has 2 saturated heterocycles. The Balaban J connectivity index is 1.87. The second-order valence-corrected chi connectivity index (χ2v) is 5.98. The first-order valence-electron chi connectivity index (χ1n) is 6.74. The van der Waals surface area contributed by atoms with Gasteiger partial charge in [-0.25, -0.2) is 4.79 Å². The van der Waals surface area contributed by atoms with Gasteiger partial charge in [0.05, 0.1) is 5.60 Å². The van der Waals surface area contributed by atoms with Crippen LogP contribution in [-0.2, 0) is 14.3 Å². The van der Waals surface area contributed by atoms with Crippen molar-refractivity contribution >= 4 is 5.97 Å². The molecule has 0 radical (unpaired) electrons. The molecule has 1 aliphatic carbocycles.